The van der Waals surface area contributed by atoms with Gasteiger partial charge in [0, 0.05) is 9.75 Å². The van der Waals surface area contributed by atoms with Crippen molar-refractivity contribution in [1.29, 1.82) is 0 Å². The Balaban J connectivity index is 2.28. The SMILES string of the molecule is CCc1ccc(C(NN)c2ccc(C(C)(C)C)cc2)s1. The first kappa shape index (κ1) is 15.2. The number of nitrogens with one attached hydrogen (secondary N) is 1. The minimum absolute atomic E-state index is 0.0781. The van der Waals surface area contributed by atoms with Crippen LogP contribution in [0, 0.1) is 0 Å². The molecular formula is C17H24N2S. The molecule has 1 heterocycles. The molecule has 108 valence electrons. The van der Waals surface area contributed by atoms with E-state index in [4.69, 9.17) is 5.84 Å². The van der Waals surface area contributed by atoms with Gasteiger partial charge in [-0.25, -0.2) is 5.43 Å². The van der Waals surface area contributed by atoms with Crippen molar-refractivity contribution in [3.05, 3.63) is 57.3 Å². The molecule has 0 spiro atoms. The Morgan fingerprint density at radius 1 is 1.10 bits per heavy atom. The highest BCUT2D eigenvalue weighted by molar-refractivity contribution is 7.12. The number of thiophene rings is 1. The summed E-state index contributed by atoms with van der Waals surface area (Å²) in [6, 6.07) is 13.2. The molecule has 0 radical (unpaired) electrons. The summed E-state index contributed by atoms with van der Waals surface area (Å²) < 4.78 is 0. The van der Waals surface area contributed by atoms with Crippen LogP contribution in [0.5, 0.6) is 0 Å². The van der Waals surface area contributed by atoms with Crippen molar-refractivity contribution in [2.45, 2.75) is 45.6 Å². The van der Waals surface area contributed by atoms with Crippen LogP contribution in [-0.4, -0.2) is 0 Å². The van der Waals surface area contributed by atoms with Crippen molar-refractivity contribution in [2.24, 2.45) is 5.84 Å². The van der Waals surface area contributed by atoms with Crippen LogP contribution >= 0.6 is 11.3 Å². The van der Waals surface area contributed by atoms with Crippen LogP contribution in [0.1, 0.15) is 54.6 Å². The maximum atomic E-state index is 5.77. The Bertz CT molecular complexity index is 549. The number of aryl methyl sites for hydroxylation is 1. The van der Waals surface area contributed by atoms with Gasteiger partial charge in [-0.1, -0.05) is 52.0 Å². The summed E-state index contributed by atoms with van der Waals surface area (Å²) in [4.78, 5) is 2.67. The van der Waals surface area contributed by atoms with Gasteiger partial charge in [0.05, 0.1) is 6.04 Å². The van der Waals surface area contributed by atoms with Gasteiger partial charge >= 0.3 is 0 Å². The van der Waals surface area contributed by atoms with E-state index in [-0.39, 0.29) is 11.5 Å². The van der Waals surface area contributed by atoms with Gasteiger partial charge in [0.2, 0.25) is 0 Å². The van der Waals surface area contributed by atoms with Gasteiger partial charge in [0.25, 0.3) is 0 Å². The Morgan fingerprint density at radius 3 is 2.20 bits per heavy atom. The third kappa shape index (κ3) is 3.29. The zero-order chi connectivity index (χ0) is 14.8. The minimum Gasteiger partial charge on any atom is -0.271 e. The third-order valence-corrected chi connectivity index (χ3v) is 4.89. The molecule has 0 saturated heterocycles. The van der Waals surface area contributed by atoms with Crippen LogP contribution in [0.25, 0.3) is 0 Å². The second-order valence-corrected chi connectivity index (χ2v) is 7.33. The second kappa shape index (κ2) is 6.08. The molecule has 0 amide bonds. The minimum atomic E-state index is 0.0781. The molecule has 20 heavy (non-hydrogen) atoms. The predicted molar refractivity (Wildman–Crippen MR) is 88.0 cm³/mol. The quantitative estimate of drug-likeness (QED) is 0.655. The van der Waals surface area contributed by atoms with Gasteiger partial charge < -0.3 is 0 Å². The number of rotatable bonds is 4. The zero-order valence-corrected chi connectivity index (χ0v) is 13.6. The summed E-state index contributed by atoms with van der Waals surface area (Å²) in [7, 11) is 0. The summed E-state index contributed by atoms with van der Waals surface area (Å²) >= 11 is 1.83. The fourth-order valence-corrected chi connectivity index (χ4v) is 3.30. The van der Waals surface area contributed by atoms with Crippen molar-refractivity contribution in [3.8, 4) is 0 Å². The monoisotopic (exact) mass is 288 g/mol. The number of benzene rings is 1. The van der Waals surface area contributed by atoms with Crippen molar-refractivity contribution in [1.82, 2.24) is 5.43 Å². The van der Waals surface area contributed by atoms with Gasteiger partial charge in [-0.05, 0) is 35.1 Å². The number of hydrazine groups is 1. The van der Waals surface area contributed by atoms with E-state index >= 15 is 0 Å². The topological polar surface area (TPSA) is 38.0 Å². The molecule has 1 aromatic heterocycles. The van der Waals surface area contributed by atoms with Crippen LogP contribution in [0.4, 0.5) is 0 Å². The summed E-state index contributed by atoms with van der Waals surface area (Å²) in [6.45, 7) is 8.87. The van der Waals surface area contributed by atoms with Crippen molar-refractivity contribution >= 4 is 11.3 Å². The number of hydrogen-bond donors (Lipinski definition) is 2. The van der Waals surface area contributed by atoms with E-state index < -0.39 is 0 Å². The molecule has 3 heteroatoms. The number of nitrogens with two attached hydrogens (primary N) is 1. The summed E-state index contributed by atoms with van der Waals surface area (Å²) in [5.74, 6) is 5.77. The highest BCUT2D eigenvalue weighted by Gasteiger charge is 2.17. The molecule has 0 aliphatic rings. The Labute approximate surface area is 126 Å². The molecule has 1 aromatic carbocycles. The second-order valence-electron chi connectivity index (χ2n) is 6.13. The molecule has 0 aliphatic carbocycles. The first-order valence-electron chi connectivity index (χ1n) is 7.11. The third-order valence-electron chi connectivity index (χ3n) is 3.59. The lowest BCUT2D eigenvalue weighted by atomic mass is 9.86. The fraction of sp³-hybridized carbons (Fsp3) is 0.412. The Morgan fingerprint density at radius 2 is 1.75 bits per heavy atom. The molecule has 2 rings (SSSR count). The molecule has 0 aliphatic heterocycles. The first-order valence-corrected chi connectivity index (χ1v) is 7.92. The van der Waals surface area contributed by atoms with Gasteiger partial charge in [0.15, 0.2) is 0 Å². The van der Waals surface area contributed by atoms with E-state index in [1.807, 2.05) is 11.3 Å². The largest absolute Gasteiger partial charge is 0.271 e. The normalized spacial score (nSPS) is 13.4. The van der Waals surface area contributed by atoms with E-state index in [2.05, 4.69) is 69.5 Å². The first-order chi connectivity index (χ1) is 9.45. The molecular weight excluding hydrogens is 264 g/mol. The molecule has 3 N–H and O–H groups in total. The van der Waals surface area contributed by atoms with Crippen molar-refractivity contribution in [2.75, 3.05) is 0 Å². The maximum absolute atomic E-state index is 5.77. The van der Waals surface area contributed by atoms with E-state index in [0.29, 0.717) is 0 Å². The number of hydrogen-bond acceptors (Lipinski definition) is 3. The van der Waals surface area contributed by atoms with Crippen LogP contribution in [0.15, 0.2) is 36.4 Å². The lowest BCUT2D eigenvalue weighted by Gasteiger charge is -2.21. The molecule has 2 nitrogen and oxygen atoms in total. The Hall–Kier alpha value is -1.16. The predicted octanol–water partition coefficient (Wildman–Crippen LogP) is 4.16. The van der Waals surface area contributed by atoms with E-state index in [1.54, 1.807) is 0 Å². The lowest BCUT2D eigenvalue weighted by molar-refractivity contribution is 0.588. The summed E-state index contributed by atoms with van der Waals surface area (Å²) in [5.41, 5.74) is 5.68. The van der Waals surface area contributed by atoms with Crippen molar-refractivity contribution < 1.29 is 0 Å². The molecule has 0 fully saturated rings. The van der Waals surface area contributed by atoms with Gasteiger partial charge in [0.1, 0.15) is 0 Å². The van der Waals surface area contributed by atoms with Crippen LogP contribution in [0.3, 0.4) is 0 Å². The molecule has 2 aromatic rings. The van der Waals surface area contributed by atoms with E-state index in [0.717, 1.165) is 6.42 Å². The Kier molecular flexibility index (Phi) is 4.63. The zero-order valence-electron chi connectivity index (χ0n) is 12.7. The molecule has 0 bridgehead atoms. The van der Waals surface area contributed by atoms with E-state index in [9.17, 15) is 0 Å². The maximum Gasteiger partial charge on any atom is 0.0802 e. The van der Waals surface area contributed by atoms with E-state index in [1.165, 1.54) is 20.9 Å². The average molecular weight is 288 g/mol. The van der Waals surface area contributed by atoms with Crippen LogP contribution in [0.2, 0.25) is 0 Å². The highest BCUT2D eigenvalue weighted by Crippen LogP contribution is 2.30. The van der Waals surface area contributed by atoms with Gasteiger partial charge in [-0.15, -0.1) is 11.3 Å². The smallest absolute Gasteiger partial charge is 0.0802 e. The standard InChI is InChI=1S/C17H24N2S/c1-5-14-10-11-15(20-14)16(19-18)12-6-8-13(9-7-12)17(2,3)4/h6-11,16,19H,5,18H2,1-4H3. The molecule has 1 unspecified atom stereocenters. The van der Waals surface area contributed by atoms with Gasteiger partial charge in [-0.3, -0.25) is 5.84 Å². The van der Waals surface area contributed by atoms with Gasteiger partial charge in [-0.2, -0.15) is 0 Å². The highest BCUT2D eigenvalue weighted by atomic mass is 32.1. The van der Waals surface area contributed by atoms with Crippen LogP contribution < -0.4 is 11.3 Å². The molecule has 0 saturated carbocycles. The van der Waals surface area contributed by atoms with Crippen LogP contribution in [-0.2, 0) is 11.8 Å². The molecule has 1 atom stereocenters. The van der Waals surface area contributed by atoms with Crippen molar-refractivity contribution in [3.63, 3.8) is 0 Å². The lowest BCUT2D eigenvalue weighted by Crippen LogP contribution is -2.28. The average Bonchev–Trinajstić information content (AvgIpc) is 2.88. The summed E-state index contributed by atoms with van der Waals surface area (Å²) in [5, 5.41) is 0. The summed E-state index contributed by atoms with van der Waals surface area (Å²) in [6.07, 6.45) is 1.07. The fourth-order valence-electron chi connectivity index (χ4n) is 2.26.